The quantitative estimate of drug-likeness (QED) is 0.828. The predicted molar refractivity (Wildman–Crippen MR) is 58.5 cm³/mol. The summed E-state index contributed by atoms with van der Waals surface area (Å²) in [6.45, 7) is 0. The maximum atomic E-state index is 5.89. The first-order valence-corrected chi connectivity index (χ1v) is 5.49. The van der Waals surface area contributed by atoms with Crippen molar-refractivity contribution in [3.63, 3.8) is 0 Å². The lowest BCUT2D eigenvalue weighted by atomic mass is 9.94. The molecular weight excluding hydrogens is 244 g/mol. The Bertz CT molecular complexity index is 349. The van der Waals surface area contributed by atoms with Gasteiger partial charge in [0.05, 0.1) is 5.69 Å². The fourth-order valence-electron chi connectivity index (χ4n) is 1.82. The normalized spacial score (nSPS) is 22.2. The fraction of sp³-hybridized carbons (Fsp3) is 0.556. The first kappa shape index (κ1) is 9.86. The highest BCUT2D eigenvalue weighted by Crippen LogP contribution is 2.29. The number of allylic oxidation sites excluding steroid dienone is 1. The monoisotopic (exact) mass is 256 g/mol. The molecule has 0 bridgehead atoms. The molecule has 0 amide bonds. The summed E-state index contributed by atoms with van der Waals surface area (Å²) in [6, 6.07) is 0.181. The number of aryl methyl sites for hydroxylation is 1. The molecule has 0 spiro atoms. The van der Waals surface area contributed by atoms with Crippen molar-refractivity contribution in [2.75, 3.05) is 0 Å². The van der Waals surface area contributed by atoms with Gasteiger partial charge in [-0.15, -0.1) is 5.10 Å². The average molecular weight is 257 g/mol. The standard InChI is InChI=1S/C9H13BrN4/c1-14-8(9(10)12-13-14)6-3-2-4-7(11)5-6/h5,7H,2-4,11H2,1H3. The lowest BCUT2D eigenvalue weighted by Crippen LogP contribution is -2.20. The fourth-order valence-corrected chi connectivity index (χ4v) is 2.41. The Balaban J connectivity index is 2.39. The van der Waals surface area contributed by atoms with Gasteiger partial charge in [0.2, 0.25) is 0 Å². The molecule has 1 aromatic heterocycles. The molecule has 0 radical (unpaired) electrons. The van der Waals surface area contributed by atoms with Crippen LogP contribution in [0.1, 0.15) is 25.0 Å². The van der Waals surface area contributed by atoms with Crippen LogP contribution in [0.3, 0.4) is 0 Å². The molecular formula is C9H13BrN4. The lowest BCUT2D eigenvalue weighted by Gasteiger charge is -2.17. The zero-order chi connectivity index (χ0) is 10.1. The van der Waals surface area contributed by atoms with E-state index in [-0.39, 0.29) is 6.04 Å². The third kappa shape index (κ3) is 1.74. The molecule has 0 aromatic carbocycles. The minimum absolute atomic E-state index is 0.181. The Morgan fingerprint density at radius 1 is 1.64 bits per heavy atom. The van der Waals surface area contributed by atoms with Gasteiger partial charge >= 0.3 is 0 Å². The van der Waals surface area contributed by atoms with Gasteiger partial charge in [0.25, 0.3) is 0 Å². The first-order valence-electron chi connectivity index (χ1n) is 4.70. The van der Waals surface area contributed by atoms with E-state index in [0.717, 1.165) is 29.6 Å². The molecule has 0 saturated heterocycles. The van der Waals surface area contributed by atoms with E-state index in [1.807, 2.05) is 7.05 Å². The number of nitrogens with two attached hydrogens (primary N) is 1. The van der Waals surface area contributed by atoms with Crippen molar-refractivity contribution >= 4 is 21.5 Å². The van der Waals surface area contributed by atoms with E-state index in [9.17, 15) is 0 Å². The summed E-state index contributed by atoms with van der Waals surface area (Å²) < 4.78 is 2.59. The highest BCUT2D eigenvalue weighted by molar-refractivity contribution is 9.10. The summed E-state index contributed by atoms with van der Waals surface area (Å²) in [6.07, 6.45) is 5.40. The number of hydrogen-bond donors (Lipinski definition) is 1. The molecule has 1 aliphatic carbocycles. The van der Waals surface area contributed by atoms with Crippen molar-refractivity contribution in [2.24, 2.45) is 12.8 Å². The molecule has 0 fully saturated rings. The second kappa shape index (κ2) is 3.82. The molecule has 0 aliphatic heterocycles. The molecule has 1 aromatic rings. The second-order valence-electron chi connectivity index (χ2n) is 3.60. The summed E-state index contributed by atoms with van der Waals surface area (Å²) in [5.41, 5.74) is 8.20. The van der Waals surface area contributed by atoms with Crippen LogP contribution in [0.4, 0.5) is 0 Å². The van der Waals surface area contributed by atoms with Gasteiger partial charge in [0.15, 0.2) is 4.60 Å². The van der Waals surface area contributed by atoms with Crippen molar-refractivity contribution in [3.8, 4) is 0 Å². The van der Waals surface area contributed by atoms with Crippen LogP contribution >= 0.6 is 15.9 Å². The largest absolute Gasteiger partial charge is 0.324 e. The molecule has 1 unspecified atom stereocenters. The van der Waals surface area contributed by atoms with E-state index >= 15 is 0 Å². The van der Waals surface area contributed by atoms with Crippen LogP contribution in [0.25, 0.3) is 5.57 Å². The van der Waals surface area contributed by atoms with Gasteiger partial charge in [-0.1, -0.05) is 11.3 Å². The van der Waals surface area contributed by atoms with E-state index in [0.29, 0.717) is 0 Å². The van der Waals surface area contributed by atoms with Gasteiger partial charge < -0.3 is 5.73 Å². The van der Waals surface area contributed by atoms with Crippen LogP contribution < -0.4 is 5.73 Å². The molecule has 2 rings (SSSR count). The van der Waals surface area contributed by atoms with Crippen LogP contribution in [0, 0.1) is 0 Å². The van der Waals surface area contributed by atoms with Crippen LogP contribution in [0.5, 0.6) is 0 Å². The first-order chi connectivity index (χ1) is 6.68. The van der Waals surface area contributed by atoms with Gasteiger partial charge in [0, 0.05) is 13.1 Å². The molecule has 1 heterocycles. The zero-order valence-corrected chi connectivity index (χ0v) is 9.66. The number of rotatable bonds is 1. The Hall–Kier alpha value is -0.680. The predicted octanol–water partition coefficient (Wildman–Crippen LogP) is 1.47. The van der Waals surface area contributed by atoms with E-state index in [1.54, 1.807) is 4.68 Å². The Kier molecular flexibility index (Phi) is 2.69. The van der Waals surface area contributed by atoms with Crippen LogP contribution in [0.15, 0.2) is 10.7 Å². The summed E-state index contributed by atoms with van der Waals surface area (Å²) in [4.78, 5) is 0. The maximum Gasteiger partial charge on any atom is 0.155 e. The van der Waals surface area contributed by atoms with Gasteiger partial charge in [-0.25, -0.2) is 4.68 Å². The summed E-state index contributed by atoms with van der Waals surface area (Å²) in [5.74, 6) is 0. The van der Waals surface area contributed by atoms with Gasteiger partial charge in [-0.3, -0.25) is 0 Å². The van der Waals surface area contributed by atoms with Crippen LogP contribution in [-0.4, -0.2) is 21.0 Å². The van der Waals surface area contributed by atoms with E-state index in [1.165, 1.54) is 5.57 Å². The summed E-state index contributed by atoms with van der Waals surface area (Å²) in [7, 11) is 1.90. The molecule has 0 saturated carbocycles. The molecule has 14 heavy (non-hydrogen) atoms. The molecule has 1 aliphatic rings. The van der Waals surface area contributed by atoms with Gasteiger partial charge in [-0.2, -0.15) is 0 Å². The maximum absolute atomic E-state index is 5.89. The van der Waals surface area contributed by atoms with E-state index in [2.05, 4.69) is 32.3 Å². The number of hydrogen-bond acceptors (Lipinski definition) is 3. The summed E-state index contributed by atoms with van der Waals surface area (Å²) >= 11 is 3.40. The Morgan fingerprint density at radius 3 is 3.00 bits per heavy atom. The smallest absolute Gasteiger partial charge is 0.155 e. The molecule has 4 nitrogen and oxygen atoms in total. The minimum atomic E-state index is 0.181. The molecule has 1 atom stereocenters. The number of nitrogens with zero attached hydrogens (tertiary/aromatic N) is 3. The Morgan fingerprint density at radius 2 is 2.43 bits per heavy atom. The third-order valence-corrected chi connectivity index (χ3v) is 3.02. The van der Waals surface area contributed by atoms with E-state index < -0.39 is 0 Å². The van der Waals surface area contributed by atoms with Crippen molar-refractivity contribution in [1.29, 1.82) is 0 Å². The summed E-state index contributed by atoms with van der Waals surface area (Å²) in [5, 5.41) is 7.92. The lowest BCUT2D eigenvalue weighted by molar-refractivity contribution is 0.644. The van der Waals surface area contributed by atoms with Crippen molar-refractivity contribution in [3.05, 3.63) is 16.4 Å². The van der Waals surface area contributed by atoms with Crippen molar-refractivity contribution in [2.45, 2.75) is 25.3 Å². The number of aromatic nitrogens is 3. The second-order valence-corrected chi connectivity index (χ2v) is 4.35. The molecule has 2 N–H and O–H groups in total. The third-order valence-electron chi connectivity index (χ3n) is 2.49. The van der Waals surface area contributed by atoms with Crippen LogP contribution in [0.2, 0.25) is 0 Å². The van der Waals surface area contributed by atoms with Gasteiger partial charge in [0.1, 0.15) is 0 Å². The van der Waals surface area contributed by atoms with Crippen LogP contribution in [-0.2, 0) is 7.05 Å². The number of halogens is 1. The Labute approximate surface area is 91.3 Å². The highest BCUT2D eigenvalue weighted by Gasteiger charge is 2.17. The molecule has 76 valence electrons. The average Bonchev–Trinajstić information content (AvgIpc) is 2.46. The SMILES string of the molecule is Cn1nnc(Br)c1C1=CC(N)CCC1. The van der Waals surface area contributed by atoms with E-state index in [4.69, 9.17) is 5.73 Å². The van der Waals surface area contributed by atoms with Crippen molar-refractivity contribution < 1.29 is 0 Å². The van der Waals surface area contributed by atoms with Crippen molar-refractivity contribution in [1.82, 2.24) is 15.0 Å². The molecule has 5 heteroatoms. The minimum Gasteiger partial charge on any atom is -0.324 e. The van der Waals surface area contributed by atoms with Gasteiger partial charge in [-0.05, 0) is 40.8 Å². The highest BCUT2D eigenvalue weighted by atomic mass is 79.9. The topological polar surface area (TPSA) is 56.7 Å². The zero-order valence-electron chi connectivity index (χ0n) is 8.07.